The van der Waals surface area contributed by atoms with Crippen LogP contribution in [0.3, 0.4) is 0 Å². The van der Waals surface area contributed by atoms with Crippen LogP contribution in [0.4, 0.5) is 5.69 Å². The van der Waals surface area contributed by atoms with Crippen molar-refractivity contribution >= 4 is 5.69 Å². The maximum atomic E-state index is 5.84. The summed E-state index contributed by atoms with van der Waals surface area (Å²) < 4.78 is 5.84. The van der Waals surface area contributed by atoms with Gasteiger partial charge in [-0.2, -0.15) is 0 Å². The van der Waals surface area contributed by atoms with Gasteiger partial charge in [0.1, 0.15) is 12.4 Å². The van der Waals surface area contributed by atoms with Gasteiger partial charge in [0.2, 0.25) is 0 Å². The van der Waals surface area contributed by atoms with E-state index < -0.39 is 0 Å². The zero-order valence-electron chi connectivity index (χ0n) is 10.7. The van der Waals surface area contributed by atoms with Crippen LogP contribution in [0, 0.1) is 13.8 Å². The number of nitrogens with one attached hydrogen (secondary N) is 1. The molecule has 0 radical (unpaired) electrons. The molecule has 2 heteroatoms. The standard InChI is InChI=1S/C16H17NO/c1-11-3-6-13(7-4-11)15-10-18-16-9-12(2)5-8-14(16)17-15/h3-9,15,17H,10H2,1-2H3. The van der Waals surface area contributed by atoms with Gasteiger partial charge in [-0.05, 0) is 37.1 Å². The van der Waals surface area contributed by atoms with Gasteiger partial charge in [0.15, 0.2) is 0 Å². The lowest BCUT2D eigenvalue weighted by Crippen LogP contribution is -2.23. The van der Waals surface area contributed by atoms with Gasteiger partial charge in [-0.15, -0.1) is 0 Å². The fourth-order valence-corrected chi connectivity index (χ4v) is 2.25. The topological polar surface area (TPSA) is 21.3 Å². The number of ether oxygens (including phenoxy) is 1. The van der Waals surface area contributed by atoms with Crippen molar-refractivity contribution in [3.63, 3.8) is 0 Å². The molecular weight excluding hydrogens is 222 g/mol. The molecule has 2 aromatic rings. The Bertz CT molecular complexity index is 560. The summed E-state index contributed by atoms with van der Waals surface area (Å²) in [6.07, 6.45) is 0. The lowest BCUT2D eigenvalue weighted by molar-refractivity contribution is 0.286. The van der Waals surface area contributed by atoms with Crippen molar-refractivity contribution in [1.82, 2.24) is 0 Å². The van der Waals surface area contributed by atoms with E-state index in [2.05, 4.69) is 61.6 Å². The average Bonchev–Trinajstić information content (AvgIpc) is 2.39. The number of rotatable bonds is 1. The van der Waals surface area contributed by atoms with Gasteiger partial charge < -0.3 is 10.1 Å². The highest BCUT2D eigenvalue weighted by Crippen LogP contribution is 2.34. The maximum absolute atomic E-state index is 5.84. The third-order valence-electron chi connectivity index (χ3n) is 3.35. The summed E-state index contributed by atoms with van der Waals surface area (Å²) in [5.41, 5.74) is 4.86. The summed E-state index contributed by atoms with van der Waals surface area (Å²) in [4.78, 5) is 0. The fourth-order valence-electron chi connectivity index (χ4n) is 2.25. The van der Waals surface area contributed by atoms with Crippen molar-refractivity contribution in [1.29, 1.82) is 0 Å². The van der Waals surface area contributed by atoms with E-state index in [-0.39, 0.29) is 6.04 Å². The van der Waals surface area contributed by atoms with E-state index in [0.29, 0.717) is 6.61 Å². The molecule has 0 saturated carbocycles. The smallest absolute Gasteiger partial charge is 0.142 e. The van der Waals surface area contributed by atoms with Crippen molar-refractivity contribution < 1.29 is 4.74 Å². The Morgan fingerprint density at radius 1 is 1.00 bits per heavy atom. The SMILES string of the molecule is Cc1ccc(C2COc3cc(C)ccc3N2)cc1. The monoisotopic (exact) mass is 239 g/mol. The Kier molecular flexibility index (Phi) is 2.71. The number of benzene rings is 2. The van der Waals surface area contributed by atoms with Crippen LogP contribution in [0.15, 0.2) is 42.5 Å². The summed E-state index contributed by atoms with van der Waals surface area (Å²) in [6, 6.07) is 15.1. The predicted molar refractivity (Wildman–Crippen MR) is 74.2 cm³/mol. The average molecular weight is 239 g/mol. The first-order chi connectivity index (χ1) is 8.72. The normalized spacial score (nSPS) is 17.6. The molecule has 1 N–H and O–H groups in total. The van der Waals surface area contributed by atoms with Crippen molar-refractivity contribution in [3.8, 4) is 5.75 Å². The Hall–Kier alpha value is -1.96. The van der Waals surface area contributed by atoms with Crippen LogP contribution in [0.1, 0.15) is 22.7 Å². The summed E-state index contributed by atoms with van der Waals surface area (Å²) in [5, 5.41) is 3.53. The third kappa shape index (κ3) is 2.06. The lowest BCUT2D eigenvalue weighted by atomic mass is 10.0. The second kappa shape index (κ2) is 4.37. The molecule has 18 heavy (non-hydrogen) atoms. The minimum atomic E-state index is 0.237. The predicted octanol–water partition coefficient (Wildman–Crippen LogP) is 3.85. The van der Waals surface area contributed by atoms with E-state index in [1.54, 1.807) is 0 Å². The van der Waals surface area contributed by atoms with Crippen LogP contribution >= 0.6 is 0 Å². The molecule has 0 aliphatic carbocycles. The molecule has 2 nitrogen and oxygen atoms in total. The molecular formula is C16H17NO. The van der Waals surface area contributed by atoms with Crippen molar-refractivity contribution in [3.05, 3.63) is 59.2 Å². The van der Waals surface area contributed by atoms with Crippen LogP contribution in [-0.4, -0.2) is 6.61 Å². The molecule has 2 aromatic carbocycles. The van der Waals surface area contributed by atoms with Crippen LogP contribution < -0.4 is 10.1 Å². The maximum Gasteiger partial charge on any atom is 0.142 e. The first-order valence-corrected chi connectivity index (χ1v) is 6.29. The van der Waals surface area contributed by atoms with Crippen LogP contribution in [0.5, 0.6) is 5.75 Å². The molecule has 0 aromatic heterocycles. The lowest BCUT2D eigenvalue weighted by Gasteiger charge is -2.28. The molecule has 1 aliphatic heterocycles. The van der Waals surface area contributed by atoms with Crippen LogP contribution in [-0.2, 0) is 0 Å². The Balaban J connectivity index is 1.86. The fraction of sp³-hybridized carbons (Fsp3) is 0.250. The second-order valence-corrected chi connectivity index (χ2v) is 4.92. The molecule has 1 unspecified atom stereocenters. The Labute approximate surface area is 108 Å². The second-order valence-electron chi connectivity index (χ2n) is 4.92. The number of fused-ring (bicyclic) bond motifs is 1. The third-order valence-corrected chi connectivity index (χ3v) is 3.35. The number of aryl methyl sites for hydroxylation is 2. The van der Waals surface area contributed by atoms with E-state index >= 15 is 0 Å². The first-order valence-electron chi connectivity index (χ1n) is 6.29. The van der Waals surface area contributed by atoms with Crippen LogP contribution in [0.2, 0.25) is 0 Å². The zero-order chi connectivity index (χ0) is 12.5. The first kappa shape index (κ1) is 11.1. The van der Waals surface area contributed by atoms with Crippen molar-refractivity contribution in [2.75, 3.05) is 11.9 Å². The molecule has 1 atom stereocenters. The number of hydrogen-bond donors (Lipinski definition) is 1. The van der Waals surface area contributed by atoms with Gasteiger partial charge in [-0.25, -0.2) is 0 Å². The minimum absolute atomic E-state index is 0.237. The molecule has 0 bridgehead atoms. The number of anilines is 1. The molecule has 0 saturated heterocycles. The van der Waals surface area contributed by atoms with Gasteiger partial charge in [-0.3, -0.25) is 0 Å². The molecule has 0 fully saturated rings. The Morgan fingerprint density at radius 3 is 2.50 bits per heavy atom. The highest BCUT2D eigenvalue weighted by atomic mass is 16.5. The van der Waals surface area contributed by atoms with E-state index in [9.17, 15) is 0 Å². The van der Waals surface area contributed by atoms with Gasteiger partial charge in [0.05, 0.1) is 11.7 Å². The summed E-state index contributed by atoms with van der Waals surface area (Å²) >= 11 is 0. The molecule has 0 amide bonds. The zero-order valence-corrected chi connectivity index (χ0v) is 10.7. The van der Waals surface area contributed by atoms with E-state index in [4.69, 9.17) is 4.74 Å². The molecule has 3 rings (SSSR count). The molecule has 92 valence electrons. The van der Waals surface area contributed by atoms with Gasteiger partial charge >= 0.3 is 0 Å². The van der Waals surface area contributed by atoms with Gasteiger partial charge in [-0.1, -0.05) is 35.9 Å². The van der Waals surface area contributed by atoms with E-state index in [1.807, 2.05) is 0 Å². The van der Waals surface area contributed by atoms with E-state index in [1.165, 1.54) is 16.7 Å². The largest absolute Gasteiger partial charge is 0.489 e. The molecule has 0 spiro atoms. The number of hydrogen-bond acceptors (Lipinski definition) is 2. The Morgan fingerprint density at radius 2 is 1.72 bits per heavy atom. The van der Waals surface area contributed by atoms with Gasteiger partial charge in [0.25, 0.3) is 0 Å². The molecule has 1 aliphatic rings. The van der Waals surface area contributed by atoms with Crippen molar-refractivity contribution in [2.45, 2.75) is 19.9 Å². The highest BCUT2D eigenvalue weighted by molar-refractivity contribution is 5.60. The summed E-state index contributed by atoms with van der Waals surface area (Å²) in [5.74, 6) is 0.957. The highest BCUT2D eigenvalue weighted by Gasteiger charge is 2.19. The van der Waals surface area contributed by atoms with Crippen molar-refractivity contribution in [2.24, 2.45) is 0 Å². The van der Waals surface area contributed by atoms with Crippen LogP contribution in [0.25, 0.3) is 0 Å². The minimum Gasteiger partial charge on any atom is -0.489 e. The summed E-state index contributed by atoms with van der Waals surface area (Å²) in [6.45, 7) is 4.86. The summed E-state index contributed by atoms with van der Waals surface area (Å²) in [7, 11) is 0. The van der Waals surface area contributed by atoms with Gasteiger partial charge in [0, 0.05) is 0 Å². The molecule has 1 heterocycles. The quantitative estimate of drug-likeness (QED) is 0.816. The van der Waals surface area contributed by atoms with E-state index in [0.717, 1.165) is 11.4 Å².